The smallest absolute Gasteiger partial charge is 0.192 e. The van der Waals surface area contributed by atoms with E-state index in [1.165, 1.54) is 18.2 Å². The third-order valence-electron chi connectivity index (χ3n) is 1.35. The van der Waals surface area contributed by atoms with Crippen molar-refractivity contribution in [3.8, 4) is 6.07 Å². The molecular formula is C8H5ClF3N. The summed E-state index contributed by atoms with van der Waals surface area (Å²) in [5.41, 5.74) is -1.22. The second kappa shape index (κ2) is 4.15. The maximum atomic E-state index is 12.1. The van der Waals surface area contributed by atoms with Gasteiger partial charge in [0.15, 0.2) is 0 Å². The third kappa shape index (κ3) is 2.63. The van der Waals surface area contributed by atoms with Gasteiger partial charge in [-0.3, -0.25) is 0 Å². The number of rotatable bonds is 0. The molecule has 1 aromatic carbocycles. The molecule has 0 radical (unpaired) electrons. The lowest BCUT2D eigenvalue weighted by molar-refractivity contribution is -0.137. The van der Waals surface area contributed by atoms with Crippen molar-refractivity contribution in [2.45, 2.75) is 6.18 Å². The lowest BCUT2D eigenvalue weighted by atomic mass is 10.1. The summed E-state index contributed by atoms with van der Waals surface area (Å²) in [6.45, 7) is 0. The van der Waals surface area contributed by atoms with Crippen molar-refractivity contribution >= 4 is 12.4 Å². The molecule has 0 bridgehead atoms. The van der Waals surface area contributed by atoms with Crippen LogP contribution in [0.3, 0.4) is 0 Å². The lowest BCUT2D eigenvalue weighted by Crippen LogP contribution is -2.06. The highest BCUT2D eigenvalue weighted by atomic mass is 35.5. The first-order valence-electron chi connectivity index (χ1n) is 3.12. The Hall–Kier alpha value is -1.21. The van der Waals surface area contributed by atoms with Crippen molar-refractivity contribution in [1.82, 2.24) is 0 Å². The maximum absolute atomic E-state index is 12.1. The van der Waals surface area contributed by atoms with Crippen LogP contribution in [-0.4, -0.2) is 0 Å². The Labute approximate surface area is 79.2 Å². The molecule has 1 aromatic rings. The van der Waals surface area contributed by atoms with Gasteiger partial charge in [-0.05, 0) is 12.1 Å². The van der Waals surface area contributed by atoms with Crippen molar-refractivity contribution < 1.29 is 13.2 Å². The highest BCUT2D eigenvalue weighted by Crippen LogP contribution is 2.31. The Balaban J connectivity index is 0.00000144. The molecule has 0 atom stereocenters. The van der Waals surface area contributed by atoms with Crippen LogP contribution in [0.2, 0.25) is 0 Å². The maximum Gasteiger partial charge on any atom is 0.417 e. The highest BCUT2D eigenvalue weighted by Gasteiger charge is 2.32. The second-order valence-electron chi connectivity index (χ2n) is 2.16. The lowest BCUT2D eigenvalue weighted by Gasteiger charge is -2.06. The predicted octanol–water partition coefficient (Wildman–Crippen LogP) is 3.00. The first-order chi connectivity index (χ1) is 5.55. The van der Waals surface area contributed by atoms with Gasteiger partial charge in [-0.2, -0.15) is 18.4 Å². The van der Waals surface area contributed by atoms with Gasteiger partial charge in [0.1, 0.15) is 0 Å². The minimum Gasteiger partial charge on any atom is -0.192 e. The average Bonchev–Trinajstić information content (AvgIpc) is 2.03. The van der Waals surface area contributed by atoms with E-state index in [0.29, 0.717) is 0 Å². The van der Waals surface area contributed by atoms with Gasteiger partial charge in [-0.15, -0.1) is 12.4 Å². The molecule has 0 aromatic heterocycles. The van der Waals surface area contributed by atoms with E-state index < -0.39 is 11.7 Å². The normalized spacial score (nSPS) is 10.0. The summed E-state index contributed by atoms with van der Waals surface area (Å²) in [5, 5.41) is 8.33. The Morgan fingerprint density at radius 1 is 1.15 bits per heavy atom. The van der Waals surface area contributed by atoms with E-state index in [9.17, 15) is 13.2 Å². The fourth-order valence-electron chi connectivity index (χ4n) is 0.828. The Kier molecular flexibility index (Phi) is 3.76. The van der Waals surface area contributed by atoms with Crippen LogP contribution in [0.25, 0.3) is 0 Å². The third-order valence-corrected chi connectivity index (χ3v) is 1.35. The van der Waals surface area contributed by atoms with E-state index in [2.05, 4.69) is 0 Å². The fraction of sp³-hybridized carbons (Fsp3) is 0.125. The van der Waals surface area contributed by atoms with Crippen LogP contribution in [0.4, 0.5) is 13.2 Å². The molecule has 0 aliphatic carbocycles. The molecule has 0 N–H and O–H groups in total. The molecule has 13 heavy (non-hydrogen) atoms. The minimum atomic E-state index is -4.44. The van der Waals surface area contributed by atoms with Crippen molar-refractivity contribution in [2.75, 3.05) is 0 Å². The summed E-state index contributed by atoms with van der Waals surface area (Å²) >= 11 is 0. The molecule has 0 unspecified atom stereocenters. The summed E-state index contributed by atoms with van der Waals surface area (Å²) < 4.78 is 36.3. The molecule has 0 saturated heterocycles. The van der Waals surface area contributed by atoms with Crippen LogP contribution in [0.1, 0.15) is 11.1 Å². The van der Waals surface area contributed by atoms with E-state index in [0.717, 1.165) is 12.1 Å². The van der Waals surface area contributed by atoms with Crippen LogP contribution in [0.5, 0.6) is 0 Å². The topological polar surface area (TPSA) is 23.8 Å². The molecule has 1 rings (SSSR count). The molecule has 0 amide bonds. The fourth-order valence-corrected chi connectivity index (χ4v) is 0.828. The highest BCUT2D eigenvalue weighted by molar-refractivity contribution is 5.85. The van der Waals surface area contributed by atoms with E-state index in [4.69, 9.17) is 5.26 Å². The predicted molar refractivity (Wildman–Crippen MR) is 43.4 cm³/mol. The van der Waals surface area contributed by atoms with Gasteiger partial charge in [0.25, 0.3) is 0 Å². The quantitative estimate of drug-likeness (QED) is 0.642. The number of nitriles is 1. The molecule has 0 aliphatic heterocycles. The Morgan fingerprint density at radius 2 is 1.69 bits per heavy atom. The summed E-state index contributed by atoms with van der Waals surface area (Å²) in [6, 6.07) is 6.16. The number of nitrogens with zero attached hydrogens (tertiary/aromatic N) is 1. The Bertz CT molecular complexity index is 327. The van der Waals surface area contributed by atoms with Crippen LogP contribution < -0.4 is 0 Å². The summed E-state index contributed by atoms with van der Waals surface area (Å²) in [6.07, 6.45) is -4.44. The average molecular weight is 208 g/mol. The molecule has 5 heteroatoms. The van der Waals surface area contributed by atoms with Crippen molar-refractivity contribution in [2.24, 2.45) is 0 Å². The van der Waals surface area contributed by atoms with Gasteiger partial charge in [-0.1, -0.05) is 12.1 Å². The second-order valence-corrected chi connectivity index (χ2v) is 2.16. The van der Waals surface area contributed by atoms with Crippen LogP contribution in [0.15, 0.2) is 24.3 Å². The van der Waals surface area contributed by atoms with Gasteiger partial charge in [-0.25, -0.2) is 0 Å². The number of hydrogen-bond donors (Lipinski definition) is 0. The van der Waals surface area contributed by atoms with Gasteiger partial charge in [0, 0.05) is 0 Å². The summed E-state index contributed by atoms with van der Waals surface area (Å²) in [4.78, 5) is 0. The van der Waals surface area contributed by atoms with E-state index in [-0.39, 0.29) is 18.0 Å². The largest absolute Gasteiger partial charge is 0.417 e. The van der Waals surface area contributed by atoms with Crippen LogP contribution >= 0.6 is 12.4 Å². The van der Waals surface area contributed by atoms with Gasteiger partial charge in [0.05, 0.1) is 17.2 Å². The van der Waals surface area contributed by atoms with Crippen molar-refractivity contribution in [3.63, 3.8) is 0 Å². The minimum absolute atomic E-state index is 0. The van der Waals surface area contributed by atoms with Crippen molar-refractivity contribution in [3.05, 3.63) is 35.4 Å². The molecule has 0 fully saturated rings. The molecular weight excluding hydrogens is 203 g/mol. The van der Waals surface area contributed by atoms with Crippen molar-refractivity contribution in [1.29, 1.82) is 5.26 Å². The van der Waals surface area contributed by atoms with Gasteiger partial charge < -0.3 is 0 Å². The number of benzene rings is 1. The number of halogens is 4. The number of hydrogen-bond acceptors (Lipinski definition) is 1. The summed E-state index contributed by atoms with van der Waals surface area (Å²) in [5.74, 6) is 0. The zero-order chi connectivity index (χ0) is 9.19. The first-order valence-corrected chi connectivity index (χ1v) is 3.12. The van der Waals surface area contributed by atoms with Gasteiger partial charge >= 0.3 is 6.18 Å². The monoisotopic (exact) mass is 207 g/mol. The van der Waals surface area contributed by atoms with E-state index in [1.807, 2.05) is 0 Å². The molecule has 0 spiro atoms. The van der Waals surface area contributed by atoms with Gasteiger partial charge in [0.2, 0.25) is 0 Å². The first kappa shape index (κ1) is 11.8. The molecule has 0 heterocycles. The molecule has 0 aliphatic rings. The standard InChI is InChI=1S/C8H4F3N.ClH/c9-8(10,11)7-4-2-1-3-6(7)5-12;/h1-4H;1H. The SMILES string of the molecule is Cl.N#Cc1ccccc1C(F)(F)F. The van der Waals surface area contributed by atoms with E-state index >= 15 is 0 Å². The Morgan fingerprint density at radius 3 is 2.08 bits per heavy atom. The van der Waals surface area contributed by atoms with E-state index in [1.54, 1.807) is 0 Å². The summed E-state index contributed by atoms with van der Waals surface area (Å²) in [7, 11) is 0. The zero-order valence-corrected chi connectivity index (χ0v) is 7.12. The number of alkyl halides is 3. The molecule has 0 saturated carbocycles. The molecule has 70 valence electrons. The molecule has 1 nitrogen and oxygen atoms in total. The van der Waals surface area contributed by atoms with Crippen LogP contribution in [0, 0.1) is 11.3 Å². The zero-order valence-electron chi connectivity index (χ0n) is 6.30. The van der Waals surface area contributed by atoms with Crippen LogP contribution in [-0.2, 0) is 6.18 Å².